The Balaban J connectivity index is 1.34. The highest BCUT2D eigenvalue weighted by Crippen LogP contribution is 2.39. The Morgan fingerprint density at radius 2 is 1.72 bits per heavy atom. The summed E-state index contributed by atoms with van der Waals surface area (Å²) in [7, 11) is 0. The Morgan fingerprint density at radius 1 is 1.00 bits per heavy atom. The van der Waals surface area contributed by atoms with Gasteiger partial charge in [0, 0.05) is 12.7 Å². The molecule has 25 heavy (non-hydrogen) atoms. The van der Waals surface area contributed by atoms with Crippen LogP contribution in [-0.2, 0) is 6.42 Å². The summed E-state index contributed by atoms with van der Waals surface area (Å²) in [5, 5.41) is 3.13. The summed E-state index contributed by atoms with van der Waals surface area (Å²) in [4.78, 5) is 19.3. The molecule has 1 amide bonds. The van der Waals surface area contributed by atoms with E-state index < -0.39 is 0 Å². The van der Waals surface area contributed by atoms with Crippen molar-refractivity contribution >= 4 is 5.91 Å². The van der Waals surface area contributed by atoms with Crippen LogP contribution in [0.4, 0.5) is 0 Å². The third kappa shape index (κ3) is 3.74. The van der Waals surface area contributed by atoms with Gasteiger partial charge in [-0.05, 0) is 67.9 Å². The Kier molecular flexibility index (Phi) is 4.53. The first-order chi connectivity index (χ1) is 12.2. The van der Waals surface area contributed by atoms with E-state index in [2.05, 4.69) is 27.3 Å². The molecule has 3 aliphatic rings. The van der Waals surface area contributed by atoms with Crippen molar-refractivity contribution in [3.63, 3.8) is 0 Å². The summed E-state index contributed by atoms with van der Waals surface area (Å²) in [5.41, 5.74) is 3.21. The predicted octanol–water partition coefficient (Wildman–Crippen LogP) is 2.89. The van der Waals surface area contributed by atoms with Gasteiger partial charge in [0.1, 0.15) is 5.69 Å². The lowest BCUT2D eigenvalue weighted by Crippen LogP contribution is -2.52. The third-order valence-electron chi connectivity index (χ3n) is 5.81. The summed E-state index contributed by atoms with van der Waals surface area (Å²) in [6, 6.07) is 14.2. The number of carbonyl (C=O) groups excluding carboxylic acids is 1. The van der Waals surface area contributed by atoms with Gasteiger partial charge in [0.25, 0.3) is 5.91 Å². The number of nitrogens with one attached hydrogen (secondary N) is 1. The zero-order valence-electron chi connectivity index (χ0n) is 14.6. The van der Waals surface area contributed by atoms with Crippen LogP contribution in [0.5, 0.6) is 0 Å². The summed E-state index contributed by atoms with van der Waals surface area (Å²) in [6.07, 6.45) is 6.28. The number of fused-ring (bicyclic) bond motifs is 3. The maximum atomic E-state index is 12.4. The number of hydrogen-bond donors (Lipinski definition) is 1. The predicted molar refractivity (Wildman–Crippen MR) is 98.5 cm³/mol. The van der Waals surface area contributed by atoms with Gasteiger partial charge in [0.05, 0.1) is 0 Å². The van der Waals surface area contributed by atoms with Crippen LogP contribution in [0.2, 0.25) is 0 Å². The number of pyridine rings is 1. The average molecular weight is 335 g/mol. The molecule has 0 aliphatic carbocycles. The quantitative estimate of drug-likeness (QED) is 0.914. The normalized spacial score (nSPS) is 24.9. The number of nitrogens with zero attached hydrogens (tertiary/aromatic N) is 2. The molecule has 4 nitrogen and oxygen atoms in total. The molecular weight excluding hydrogens is 310 g/mol. The molecule has 0 spiro atoms. The van der Waals surface area contributed by atoms with Crippen LogP contribution in [0, 0.1) is 5.41 Å². The van der Waals surface area contributed by atoms with Crippen molar-refractivity contribution in [2.24, 2.45) is 5.41 Å². The van der Waals surface area contributed by atoms with E-state index in [4.69, 9.17) is 0 Å². The third-order valence-corrected chi connectivity index (χ3v) is 5.81. The molecular formula is C21H25N3O. The monoisotopic (exact) mass is 335 g/mol. The fraction of sp³-hybridized carbons (Fsp3) is 0.429. The summed E-state index contributed by atoms with van der Waals surface area (Å²) >= 11 is 0. The molecule has 5 rings (SSSR count). The van der Waals surface area contributed by atoms with Crippen LogP contribution >= 0.6 is 0 Å². The molecule has 1 aromatic heterocycles. The summed E-state index contributed by atoms with van der Waals surface area (Å²) in [5.74, 6) is -0.0476. The minimum Gasteiger partial charge on any atom is -0.350 e. The van der Waals surface area contributed by atoms with E-state index >= 15 is 0 Å². The fourth-order valence-corrected chi connectivity index (χ4v) is 4.01. The highest BCUT2D eigenvalue weighted by molar-refractivity contribution is 5.92. The second-order valence-electron chi connectivity index (χ2n) is 7.49. The number of benzene rings is 1. The first-order valence-electron chi connectivity index (χ1n) is 9.22. The van der Waals surface area contributed by atoms with Crippen molar-refractivity contribution in [3.8, 4) is 0 Å². The first kappa shape index (κ1) is 16.3. The first-order valence-corrected chi connectivity index (χ1v) is 9.22. The lowest BCUT2D eigenvalue weighted by atomic mass is 9.72. The molecule has 2 bridgehead atoms. The standard InChI is InChI=1S/C21H25N3O/c25-20(23-16-21-8-11-24(12-9-21)13-10-21)19-7-6-18(15-22-19)14-17-4-2-1-3-5-17/h1-7,15H,8-14,16H2,(H,23,25). The zero-order chi connectivity index (χ0) is 17.1. The molecule has 3 aliphatic heterocycles. The fourth-order valence-electron chi connectivity index (χ4n) is 4.01. The van der Waals surface area contributed by atoms with Crippen molar-refractivity contribution in [2.75, 3.05) is 26.2 Å². The molecule has 3 saturated heterocycles. The Hall–Kier alpha value is -2.20. The van der Waals surface area contributed by atoms with E-state index in [1.54, 1.807) is 0 Å². The molecule has 0 atom stereocenters. The largest absolute Gasteiger partial charge is 0.350 e. The number of piperidine rings is 3. The number of amides is 1. The van der Waals surface area contributed by atoms with Gasteiger partial charge in [-0.15, -0.1) is 0 Å². The maximum absolute atomic E-state index is 12.4. The van der Waals surface area contributed by atoms with Crippen LogP contribution < -0.4 is 5.32 Å². The van der Waals surface area contributed by atoms with Gasteiger partial charge in [-0.1, -0.05) is 36.4 Å². The van der Waals surface area contributed by atoms with E-state index in [-0.39, 0.29) is 5.91 Å². The van der Waals surface area contributed by atoms with Crippen molar-refractivity contribution < 1.29 is 4.79 Å². The molecule has 3 fully saturated rings. The van der Waals surface area contributed by atoms with Gasteiger partial charge in [-0.2, -0.15) is 0 Å². The smallest absolute Gasteiger partial charge is 0.269 e. The summed E-state index contributed by atoms with van der Waals surface area (Å²) in [6.45, 7) is 4.33. The minimum absolute atomic E-state index is 0.0476. The number of aromatic nitrogens is 1. The molecule has 2 aromatic rings. The van der Waals surface area contributed by atoms with E-state index in [0.717, 1.165) is 18.5 Å². The van der Waals surface area contributed by atoms with E-state index in [9.17, 15) is 4.79 Å². The maximum Gasteiger partial charge on any atom is 0.269 e. The van der Waals surface area contributed by atoms with Crippen LogP contribution in [0.3, 0.4) is 0 Å². The lowest BCUT2D eigenvalue weighted by molar-refractivity contribution is 0.0261. The van der Waals surface area contributed by atoms with E-state index in [0.29, 0.717) is 11.1 Å². The van der Waals surface area contributed by atoms with Gasteiger partial charge in [-0.3, -0.25) is 9.78 Å². The van der Waals surface area contributed by atoms with Gasteiger partial charge in [0.2, 0.25) is 0 Å². The van der Waals surface area contributed by atoms with Crippen molar-refractivity contribution in [1.29, 1.82) is 0 Å². The second-order valence-corrected chi connectivity index (χ2v) is 7.49. The molecule has 4 heteroatoms. The van der Waals surface area contributed by atoms with Crippen molar-refractivity contribution in [1.82, 2.24) is 15.2 Å². The van der Waals surface area contributed by atoms with Crippen LogP contribution in [0.1, 0.15) is 40.9 Å². The van der Waals surface area contributed by atoms with Crippen molar-refractivity contribution in [3.05, 3.63) is 65.5 Å². The average Bonchev–Trinajstić information content (AvgIpc) is 2.69. The van der Waals surface area contributed by atoms with E-state index in [1.165, 1.54) is 44.5 Å². The second kappa shape index (κ2) is 6.96. The number of carbonyl (C=O) groups is 1. The number of rotatable bonds is 5. The molecule has 0 radical (unpaired) electrons. The van der Waals surface area contributed by atoms with E-state index in [1.807, 2.05) is 36.5 Å². The Morgan fingerprint density at radius 3 is 2.36 bits per heavy atom. The van der Waals surface area contributed by atoms with Crippen molar-refractivity contribution in [2.45, 2.75) is 25.7 Å². The van der Waals surface area contributed by atoms with Gasteiger partial charge in [-0.25, -0.2) is 0 Å². The number of hydrogen-bond acceptors (Lipinski definition) is 3. The lowest BCUT2D eigenvalue weighted by Gasteiger charge is -2.48. The Bertz CT molecular complexity index is 705. The molecule has 1 N–H and O–H groups in total. The van der Waals surface area contributed by atoms with Crippen LogP contribution in [0.25, 0.3) is 0 Å². The molecule has 0 unspecified atom stereocenters. The molecule has 1 aromatic carbocycles. The Labute approximate surface area is 149 Å². The van der Waals surface area contributed by atoms with Crippen LogP contribution in [-0.4, -0.2) is 42.0 Å². The minimum atomic E-state index is -0.0476. The van der Waals surface area contributed by atoms with Crippen LogP contribution in [0.15, 0.2) is 48.7 Å². The molecule has 130 valence electrons. The van der Waals surface area contributed by atoms with Gasteiger partial charge < -0.3 is 10.2 Å². The SMILES string of the molecule is O=C(NCC12CCN(CC1)CC2)c1ccc(Cc2ccccc2)cn1. The summed E-state index contributed by atoms with van der Waals surface area (Å²) < 4.78 is 0. The zero-order valence-corrected chi connectivity index (χ0v) is 14.6. The molecule has 4 heterocycles. The van der Waals surface area contributed by atoms with Gasteiger partial charge in [0.15, 0.2) is 0 Å². The highest BCUT2D eigenvalue weighted by atomic mass is 16.1. The topological polar surface area (TPSA) is 45.2 Å². The molecule has 0 saturated carbocycles. The van der Waals surface area contributed by atoms with Gasteiger partial charge >= 0.3 is 0 Å². The highest BCUT2D eigenvalue weighted by Gasteiger charge is 2.39.